The lowest BCUT2D eigenvalue weighted by Gasteiger charge is -2.37. The predicted molar refractivity (Wildman–Crippen MR) is 84.2 cm³/mol. The molecule has 0 aromatic heterocycles. The second-order valence-electron chi connectivity index (χ2n) is 8.27. The Morgan fingerprint density at radius 3 is 1.96 bits per heavy atom. The molecule has 2 N–H and O–H groups in total. The molecule has 3 aliphatic heterocycles. The largest absolute Gasteiger partial charge is 0.361 e. The Hall–Kier alpha value is -0.280. The molecule has 0 amide bonds. The molecule has 0 aromatic rings. The molecule has 3 saturated heterocycles. The Labute approximate surface area is 147 Å². The molecule has 0 unspecified atom stereocenters. The van der Waals surface area contributed by atoms with Crippen LogP contribution in [0.25, 0.3) is 0 Å². The lowest BCUT2D eigenvalue weighted by molar-refractivity contribution is -0.311. The van der Waals surface area contributed by atoms with Gasteiger partial charge in [0.05, 0.1) is 6.61 Å². The molecule has 3 heterocycles. The average Bonchev–Trinajstić information content (AvgIpc) is 3.22. The van der Waals surface area contributed by atoms with Crippen LogP contribution < -0.4 is 0 Å². The first kappa shape index (κ1) is 16.9. The van der Waals surface area contributed by atoms with Gasteiger partial charge in [0, 0.05) is 25.7 Å². The number of hydrogen-bond donors (Lipinski definition) is 2. The number of fused-ring (bicyclic) bond motifs is 1. The average molecular weight is 356 g/mol. The lowest BCUT2D eigenvalue weighted by Crippen LogP contribution is -2.54. The minimum Gasteiger partial charge on any atom is -0.361 e. The number of aliphatic hydroxyl groups is 2. The van der Waals surface area contributed by atoms with E-state index in [0.29, 0.717) is 6.61 Å². The van der Waals surface area contributed by atoms with Gasteiger partial charge in [-0.1, -0.05) is 12.8 Å². The number of rotatable bonds is 1. The first-order valence-corrected chi connectivity index (χ1v) is 9.80. The van der Waals surface area contributed by atoms with Crippen molar-refractivity contribution in [2.75, 3.05) is 6.61 Å². The zero-order valence-electron chi connectivity index (χ0n) is 14.5. The van der Waals surface area contributed by atoms with E-state index in [-0.39, 0.29) is 0 Å². The Morgan fingerprint density at radius 1 is 0.680 bits per heavy atom. The summed E-state index contributed by atoms with van der Waals surface area (Å²) >= 11 is 0. The molecule has 25 heavy (non-hydrogen) atoms. The highest BCUT2D eigenvalue weighted by Gasteiger charge is 2.67. The monoisotopic (exact) mass is 356 g/mol. The van der Waals surface area contributed by atoms with Crippen molar-refractivity contribution in [2.24, 2.45) is 0 Å². The molecular formula is C18H28O7. The van der Waals surface area contributed by atoms with Crippen LogP contribution in [-0.2, 0) is 23.7 Å². The highest BCUT2D eigenvalue weighted by atomic mass is 16.9. The van der Waals surface area contributed by atoms with Crippen LogP contribution in [0.5, 0.6) is 0 Å². The van der Waals surface area contributed by atoms with E-state index in [0.717, 1.165) is 57.8 Å². The fourth-order valence-electron chi connectivity index (χ4n) is 5.15. The molecule has 2 spiro atoms. The molecule has 7 nitrogen and oxygen atoms in total. The summed E-state index contributed by atoms with van der Waals surface area (Å²) in [6.45, 7) is 0.304. The summed E-state index contributed by atoms with van der Waals surface area (Å²) in [4.78, 5) is 0. The van der Waals surface area contributed by atoms with Crippen LogP contribution in [0.4, 0.5) is 0 Å². The predicted octanol–water partition coefficient (Wildman–Crippen LogP) is 1.54. The van der Waals surface area contributed by atoms with E-state index in [1.807, 2.05) is 0 Å². The third-order valence-corrected chi connectivity index (χ3v) is 6.48. The van der Waals surface area contributed by atoms with Crippen LogP contribution in [0.1, 0.15) is 64.2 Å². The summed E-state index contributed by atoms with van der Waals surface area (Å²) in [6.07, 6.45) is 6.68. The maximum absolute atomic E-state index is 10.8. The Morgan fingerprint density at radius 2 is 1.32 bits per heavy atom. The molecule has 4 atom stereocenters. The third kappa shape index (κ3) is 2.67. The zero-order valence-corrected chi connectivity index (χ0v) is 14.5. The van der Waals surface area contributed by atoms with Gasteiger partial charge in [-0.3, -0.25) is 0 Å². The van der Waals surface area contributed by atoms with Crippen LogP contribution in [-0.4, -0.2) is 58.8 Å². The van der Waals surface area contributed by atoms with E-state index >= 15 is 0 Å². The summed E-state index contributed by atoms with van der Waals surface area (Å²) in [7, 11) is 0. The van der Waals surface area contributed by atoms with Gasteiger partial charge in [-0.2, -0.15) is 0 Å². The minimum absolute atomic E-state index is 0.304. The molecule has 0 aromatic carbocycles. The fraction of sp³-hybridized carbons (Fsp3) is 1.00. The van der Waals surface area contributed by atoms with Gasteiger partial charge in [0.2, 0.25) is 5.79 Å². The SMILES string of the molecule is OC1(O)[C@@H]2OC3(CCCCC3)O[C@@H]2O[C@@H]1[C@H]1COC2(CCCCC2)O1. The molecule has 0 bridgehead atoms. The van der Waals surface area contributed by atoms with Gasteiger partial charge in [-0.05, 0) is 25.7 Å². The first-order chi connectivity index (χ1) is 12.0. The van der Waals surface area contributed by atoms with E-state index in [4.69, 9.17) is 23.7 Å². The standard InChI is InChI=1S/C18H28O7/c19-18(20)13(12-11-21-16(23-12)7-3-1-4-8-16)22-15-14(18)24-17(25-15)9-5-2-6-10-17/h12-15,19-20H,1-11H2/t12-,13-,14-,15+/m1/s1. The topological polar surface area (TPSA) is 86.6 Å². The summed E-state index contributed by atoms with van der Waals surface area (Å²) < 4.78 is 30.0. The summed E-state index contributed by atoms with van der Waals surface area (Å²) in [5.41, 5.74) is 0. The van der Waals surface area contributed by atoms with Gasteiger partial charge in [-0.15, -0.1) is 0 Å². The lowest BCUT2D eigenvalue weighted by atomic mass is 9.94. The van der Waals surface area contributed by atoms with Crippen molar-refractivity contribution in [3.8, 4) is 0 Å². The van der Waals surface area contributed by atoms with Crippen LogP contribution in [0.3, 0.4) is 0 Å². The van der Waals surface area contributed by atoms with Crippen molar-refractivity contribution in [1.29, 1.82) is 0 Å². The van der Waals surface area contributed by atoms with Gasteiger partial charge >= 0.3 is 0 Å². The van der Waals surface area contributed by atoms with Crippen molar-refractivity contribution in [2.45, 2.75) is 106 Å². The van der Waals surface area contributed by atoms with Crippen molar-refractivity contribution in [1.82, 2.24) is 0 Å². The van der Waals surface area contributed by atoms with Crippen LogP contribution >= 0.6 is 0 Å². The molecule has 5 rings (SSSR count). The second-order valence-corrected chi connectivity index (χ2v) is 8.27. The molecule has 2 aliphatic carbocycles. The quantitative estimate of drug-likeness (QED) is 0.689. The van der Waals surface area contributed by atoms with E-state index in [1.54, 1.807) is 0 Å². The normalized spacial score (nSPS) is 44.4. The zero-order chi connectivity index (χ0) is 17.1. The van der Waals surface area contributed by atoms with Crippen molar-refractivity contribution in [3.63, 3.8) is 0 Å². The third-order valence-electron chi connectivity index (χ3n) is 6.48. The highest BCUT2D eigenvalue weighted by molar-refractivity contribution is 5.04. The van der Waals surface area contributed by atoms with Gasteiger partial charge in [0.1, 0.15) is 12.2 Å². The van der Waals surface area contributed by atoms with Crippen molar-refractivity contribution < 1.29 is 33.9 Å². The maximum Gasteiger partial charge on any atom is 0.225 e. The number of hydrogen-bond acceptors (Lipinski definition) is 7. The van der Waals surface area contributed by atoms with E-state index in [1.165, 1.54) is 6.42 Å². The summed E-state index contributed by atoms with van der Waals surface area (Å²) in [5, 5.41) is 21.6. The molecular weight excluding hydrogens is 328 g/mol. The Kier molecular flexibility index (Phi) is 3.95. The van der Waals surface area contributed by atoms with Gasteiger partial charge in [0.25, 0.3) is 0 Å². The van der Waals surface area contributed by atoms with Crippen LogP contribution in [0, 0.1) is 0 Å². The summed E-state index contributed by atoms with van der Waals surface area (Å²) in [6, 6.07) is 0. The Bertz CT molecular complexity index is 510. The molecule has 5 aliphatic rings. The smallest absolute Gasteiger partial charge is 0.225 e. The molecule has 5 fully saturated rings. The molecule has 7 heteroatoms. The number of ether oxygens (including phenoxy) is 5. The van der Waals surface area contributed by atoms with E-state index in [2.05, 4.69) is 0 Å². The minimum atomic E-state index is -2.14. The molecule has 142 valence electrons. The van der Waals surface area contributed by atoms with Crippen molar-refractivity contribution >= 4 is 0 Å². The van der Waals surface area contributed by atoms with Gasteiger partial charge < -0.3 is 33.9 Å². The first-order valence-electron chi connectivity index (χ1n) is 9.80. The van der Waals surface area contributed by atoms with Gasteiger partial charge in [-0.25, -0.2) is 0 Å². The fourth-order valence-corrected chi connectivity index (χ4v) is 5.15. The Balaban J connectivity index is 1.29. The van der Waals surface area contributed by atoms with Crippen molar-refractivity contribution in [3.05, 3.63) is 0 Å². The van der Waals surface area contributed by atoms with E-state index in [9.17, 15) is 10.2 Å². The second kappa shape index (κ2) is 5.86. The van der Waals surface area contributed by atoms with Crippen LogP contribution in [0.2, 0.25) is 0 Å². The molecule has 0 radical (unpaired) electrons. The summed E-state index contributed by atoms with van der Waals surface area (Å²) in [5.74, 6) is -3.43. The van der Waals surface area contributed by atoms with E-state index < -0.39 is 42.0 Å². The highest BCUT2D eigenvalue weighted by Crippen LogP contribution is 2.50. The van der Waals surface area contributed by atoms with Gasteiger partial charge in [0.15, 0.2) is 24.0 Å². The molecule has 2 saturated carbocycles. The van der Waals surface area contributed by atoms with Crippen LogP contribution in [0.15, 0.2) is 0 Å². The maximum atomic E-state index is 10.8.